The number of aliphatic hydroxyl groups is 1. The van der Waals surface area contributed by atoms with Crippen LogP contribution >= 0.6 is 11.3 Å². The summed E-state index contributed by atoms with van der Waals surface area (Å²) in [5.74, 6) is -0.193. The number of amides is 1. The number of Topliss-reactive ketones (excluding diaryl/α,β-unsaturated/α-hetero) is 1. The van der Waals surface area contributed by atoms with E-state index in [4.69, 9.17) is 9.15 Å². The molecule has 2 aliphatic heterocycles. The molecule has 0 radical (unpaired) electrons. The van der Waals surface area contributed by atoms with Gasteiger partial charge in [-0.15, -0.1) is 11.3 Å². The highest BCUT2D eigenvalue weighted by Crippen LogP contribution is 2.39. The second kappa shape index (κ2) is 7.90. The van der Waals surface area contributed by atoms with E-state index in [-0.39, 0.29) is 11.4 Å². The fourth-order valence-corrected chi connectivity index (χ4v) is 4.30. The maximum atomic E-state index is 13.1. The summed E-state index contributed by atoms with van der Waals surface area (Å²) >= 11 is 1.28. The largest absolute Gasteiger partial charge is 0.503 e. The van der Waals surface area contributed by atoms with Gasteiger partial charge in [0.25, 0.3) is 5.91 Å². The van der Waals surface area contributed by atoms with Crippen LogP contribution in [0.5, 0.6) is 0 Å². The lowest BCUT2D eigenvalue weighted by atomic mass is 10.0. The van der Waals surface area contributed by atoms with Gasteiger partial charge in [0, 0.05) is 26.2 Å². The third-order valence-electron chi connectivity index (χ3n) is 5.08. The summed E-state index contributed by atoms with van der Waals surface area (Å²) < 4.78 is 11.1. The van der Waals surface area contributed by atoms with Crippen molar-refractivity contribution in [3.05, 3.63) is 57.4 Å². The zero-order valence-corrected chi connectivity index (χ0v) is 16.4. The van der Waals surface area contributed by atoms with E-state index in [0.717, 1.165) is 13.1 Å². The van der Waals surface area contributed by atoms with Crippen LogP contribution in [0.25, 0.3) is 0 Å². The van der Waals surface area contributed by atoms with E-state index in [9.17, 15) is 14.7 Å². The fourth-order valence-electron chi connectivity index (χ4n) is 3.63. The number of hydrogen-bond acceptors (Lipinski definition) is 7. The number of ether oxygens (including phenoxy) is 1. The highest BCUT2D eigenvalue weighted by molar-refractivity contribution is 7.12. The zero-order chi connectivity index (χ0) is 19.7. The van der Waals surface area contributed by atoms with Crippen molar-refractivity contribution in [2.24, 2.45) is 0 Å². The van der Waals surface area contributed by atoms with Crippen LogP contribution in [-0.2, 0) is 9.53 Å². The summed E-state index contributed by atoms with van der Waals surface area (Å²) in [6.07, 6.45) is 0. The molecule has 4 rings (SSSR count). The Hall–Kier alpha value is -2.42. The minimum absolute atomic E-state index is 0.0868. The maximum absolute atomic E-state index is 13.1. The number of morpholine rings is 1. The molecule has 28 heavy (non-hydrogen) atoms. The van der Waals surface area contributed by atoms with Crippen molar-refractivity contribution in [1.82, 2.24) is 9.80 Å². The molecule has 4 heterocycles. The number of carbonyl (C=O) groups is 2. The number of ketones is 1. The number of thiophene rings is 1. The zero-order valence-electron chi connectivity index (χ0n) is 15.6. The van der Waals surface area contributed by atoms with Crippen molar-refractivity contribution < 1.29 is 23.8 Å². The van der Waals surface area contributed by atoms with Crippen LogP contribution in [0.4, 0.5) is 0 Å². The van der Waals surface area contributed by atoms with Crippen LogP contribution < -0.4 is 0 Å². The van der Waals surface area contributed by atoms with Gasteiger partial charge in [-0.3, -0.25) is 14.5 Å². The van der Waals surface area contributed by atoms with Crippen molar-refractivity contribution in [2.45, 2.75) is 13.0 Å². The minimum atomic E-state index is -0.725. The molecule has 1 atom stereocenters. The van der Waals surface area contributed by atoms with Gasteiger partial charge >= 0.3 is 0 Å². The quantitative estimate of drug-likeness (QED) is 0.748. The van der Waals surface area contributed by atoms with Crippen LogP contribution in [0.15, 0.2) is 45.4 Å². The van der Waals surface area contributed by atoms with Crippen LogP contribution in [-0.4, -0.2) is 66.0 Å². The Morgan fingerprint density at radius 3 is 2.68 bits per heavy atom. The van der Waals surface area contributed by atoms with Crippen LogP contribution in [0.3, 0.4) is 0 Å². The normalized spacial score (nSPS) is 21.0. The Kier molecular flexibility index (Phi) is 5.34. The molecule has 0 spiro atoms. The van der Waals surface area contributed by atoms with Gasteiger partial charge in [-0.25, -0.2) is 0 Å². The number of furan rings is 1. The number of aliphatic hydroxyl groups excluding tert-OH is 1. The predicted molar refractivity (Wildman–Crippen MR) is 103 cm³/mol. The van der Waals surface area contributed by atoms with E-state index < -0.39 is 17.7 Å². The summed E-state index contributed by atoms with van der Waals surface area (Å²) in [7, 11) is 0. The predicted octanol–water partition coefficient (Wildman–Crippen LogP) is 2.56. The molecule has 7 nitrogen and oxygen atoms in total. The fraction of sp³-hybridized carbons (Fsp3) is 0.400. The molecule has 1 fully saturated rings. The highest BCUT2D eigenvalue weighted by Gasteiger charge is 2.45. The average molecular weight is 402 g/mol. The highest BCUT2D eigenvalue weighted by atomic mass is 32.1. The SMILES string of the molecule is Cc1ccc([C@@H]2C(C(=O)c3cccs3)=C(O)C(=O)N2CCN2CCOCC2)o1. The van der Waals surface area contributed by atoms with Gasteiger partial charge in [0.1, 0.15) is 17.6 Å². The van der Waals surface area contributed by atoms with E-state index in [2.05, 4.69) is 4.90 Å². The van der Waals surface area contributed by atoms with Gasteiger partial charge in [0.2, 0.25) is 5.78 Å². The van der Waals surface area contributed by atoms with Gasteiger partial charge in [0.15, 0.2) is 5.76 Å². The first-order valence-corrected chi connectivity index (χ1v) is 10.1. The number of aryl methyl sites for hydroxylation is 1. The molecule has 1 saturated heterocycles. The number of carbonyl (C=O) groups excluding carboxylic acids is 2. The summed E-state index contributed by atoms with van der Waals surface area (Å²) in [6, 6.07) is 6.29. The van der Waals surface area contributed by atoms with Gasteiger partial charge in [-0.2, -0.15) is 0 Å². The van der Waals surface area contributed by atoms with E-state index in [0.29, 0.717) is 42.7 Å². The third-order valence-corrected chi connectivity index (χ3v) is 5.95. The summed E-state index contributed by atoms with van der Waals surface area (Å²) in [5, 5.41) is 12.4. The molecule has 8 heteroatoms. The maximum Gasteiger partial charge on any atom is 0.290 e. The summed E-state index contributed by atoms with van der Waals surface area (Å²) in [5.41, 5.74) is 0.0868. The van der Waals surface area contributed by atoms with Crippen molar-refractivity contribution in [3.8, 4) is 0 Å². The van der Waals surface area contributed by atoms with E-state index in [1.807, 2.05) is 6.92 Å². The first-order chi connectivity index (χ1) is 13.6. The molecule has 2 aromatic rings. The molecule has 1 amide bonds. The molecular formula is C20H22N2O5S. The molecule has 148 valence electrons. The molecule has 0 bridgehead atoms. The first kappa shape index (κ1) is 18.9. The molecule has 0 aliphatic carbocycles. The van der Waals surface area contributed by atoms with Crippen molar-refractivity contribution in [2.75, 3.05) is 39.4 Å². The van der Waals surface area contributed by atoms with E-state index in [1.54, 1.807) is 29.6 Å². The Morgan fingerprint density at radius 2 is 2.04 bits per heavy atom. The smallest absolute Gasteiger partial charge is 0.290 e. The lowest BCUT2D eigenvalue weighted by molar-refractivity contribution is -0.130. The standard InChI is InChI=1S/C20H22N2O5S/c1-13-4-5-14(27-13)17-16(18(23)15-3-2-12-28-15)19(24)20(25)22(17)7-6-21-8-10-26-11-9-21/h2-5,12,17,24H,6-11H2,1H3/t17-/m1/s1. The number of rotatable bonds is 6. The van der Waals surface area contributed by atoms with Gasteiger partial charge in [-0.05, 0) is 30.5 Å². The van der Waals surface area contributed by atoms with Crippen LogP contribution in [0.1, 0.15) is 27.2 Å². The Bertz CT molecular complexity index is 896. The van der Waals surface area contributed by atoms with E-state index in [1.165, 1.54) is 16.2 Å². The topological polar surface area (TPSA) is 83.2 Å². The van der Waals surface area contributed by atoms with Gasteiger partial charge in [0.05, 0.1) is 23.7 Å². The van der Waals surface area contributed by atoms with Crippen molar-refractivity contribution >= 4 is 23.0 Å². The molecule has 2 aliphatic rings. The first-order valence-electron chi connectivity index (χ1n) is 9.25. The molecule has 0 unspecified atom stereocenters. The molecule has 0 saturated carbocycles. The number of hydrogen-bond donors (Lipinski definition) is 1. The minimum Gasteiger partial charge on any atom is -0.503 e. The molecule has 0 aromatic carbocycles. The lowest BCUT2D eigenvalue weighted by Gasteiger charge is -2.30. The second-order valence-electron chi connectivity index (χ2n) is 6.87. The van der Waals surface area contributed by atoms with Crippen LogP contribution in [0.2, 0.25) is 0 Å². The monoisotopic (exact) mass is 402 g/mol. The molecular weight excluding hydrogens is 380 g/mol. The number of nitrogens with zero attached hydrogens (tertiary/aromatic N) is 2. The average Bonchev–Trinajstić information content (AvgIpc) is 3.43. The van der Waals surface area contributed by atoms with Crippen molar-refractivity contribution in [1.29, 1.82) is 0 Å². The molecule has 2 aromatic heterocycles. The van der Waals surface area contributed by atoms with Gasteiger partial charge in [-0.1, -0.05) is 6.07 Å². The Morgan fingerprint density at radius 1 is 1.25 bits per heavy atom. The van der Waals surface area contributed by atoms with Crippen LogP contribution in [0, 0.1) is 6.92 Å². The second-order valence-corrected chi connectivity index (χ2v) is 7.82. The van der Waals surface area contributed by atoms with Gasteiger partial charge < -0.3 is 19.2 Å². The Balaban J connectivity index is 1.64. The molecule has 1 N–H and O–H groups in total. The lowest BCUT2D eigenvalue weighted by Crippen LogP contribution is -2.43. The third kappa shape index (κ3) is 3.50. The summed E-state index contributed by atoms with van der Waals surface area (Å²) in [4.78, 5) is 30.1. The van der Waals surface area contributed by atoms with E-state index >= 15 is 0 Å². The summed E-state index contributed by atoms with van der Waals surface area (Å²) in [6.45, 7) is 5.76. The Labute approximate surface area is 166 Å². The van der Waals surface area contributed by atoms with Crippen molar-refractivity contribution in [3.63, 3.8) is 0 Å².